The Morgan fingerprint density at radius 1 is 0.390 bits per heavy atom. The molecule has 7 aliphatic heterocycles. The van der Waals surface area contributed by atoms with E-state index in [0.29, 0.717) is 83.3 Å². The van der Waals surface area contributed by atoms with Crippen LogP contribution in [0.2, 0.25) is 0 Å². The number of methoxy groups -OCH3 is 2. The molecule has 0 bridgehead atoms. The zero-order valence-electron chi connectivity index (χ0n) is 74.6. The molecule has 4 saturated carbocycles. The van der Waals surface area contributed by atoms with E-state index in [1.165, 1.54) is 0 Å². The first-order valence-corrected chi connectivity index (χ1v) is 44.8. The largest absolute Gasteiger partial charge is 0.384 e. The Hall–Kier alpha value is -4.24. The number of hydrogen-bond donors (Lipinski definition) is 4. The number of alkyl halides is 8. The lowest BCUT2D eigenvalue weighted by atomic mass is 9.69. The van der Waals surface area contributed by atoms with Crippen molar-refractivity contribution in [3.05, 3.63) is 67.8 Å². The number of likely N-dealkylation sites (N-methyl/N-ethyl adjacent to an activating group) is 7. The summed E-state index contributed by atoms with van der Waals surface area (Å²) in [4.78, 5) is 8.82. The van der Waals surface area contributed by atoms with Crippen LogP contribution in [0, 0.1) is 21.7 Å². The average Bonchev–Trinajstić information content (AvgIpc) is 1.60. The summed E-state index contributed by atoms with van der Waals surface area (Å²) in [6.07, 6.45) is 18.3. The maximum Gasteiger partial charge on any atom is 0.272 e. The van der Waals surface area contributed by atoms with Crippen molar-refractivity contribution in [2.45, 2.75) is 325 Å². The second-order valence-corrected chi connectivity index (χ2v) is 40.9. The van der Waals surface area contributed by atoms with Crippen LogP contribution in [0.15, 0.2) is 0 Å². The molecule has 4 aromatic heterocycles. The summed E-state index contributed by atoms with van der Waals surface area (Å²) < 4.78 is 151. The van der Waals surface area contributed by atoms with E-state index in [1.807, 2.05) is 42.2 Å². The van der Waals surface area contributed by atoms with Gasteiger partial charge in [0.1, 0.15) is 6.54 Å². The van der Waals surface area contributed by atoms with E-state index in [1.54, 1.807) is 18.9 Å². The van der Waals surface area contributed by atoms with E-state index < -0.39 is 23.7 Å². The van der Waals surface area contributed by atoms with E-state index in [0.717, 1.165) is 255 Å². The highest BCUT2D eigenvalue weighted by atomic mass is 19.3. The zero-order chi connectivity index (χ0) is 85.1. The minimum absolute atomic E-state index is 0.000906. The highest BCUT2D eigenvalue weighted by Crippen LogP contribution is 2.56. The minimum Gasteiger partial charge on any atom is -0.384 e. The maximum atomic E-state index is 14.3. The fraction of sp³-hybridized carbons (Fsp3) is 0.865. The SMILES string of the molecule is CN(CCN)Cc1nn2c(c1C1CCC3(CC1)CC(C)(C)CO3)CC(F)(F)C2.CNCCN(C)Cc1nn2c(c1C1CCC(COC)(COC)CC1)CC(F)(F)CC2.CNCCN(C)Cc1nn2c(c1C1CCC3(CC1)CC(C)(C)CO3)CC(F)(F)CC2.CNCCN(C)Cc1nn2c(c1C1CCC3(CC1)CC(C)(C)CO3)CC(F)(F)CC2. The van der Waals surface area contributed by atoms with E-state index in [-0.39, 0.29) is 95.9 Å². The molecule has 11 heterocycles. The van der Waals surface area contributed by atoms with Crippen LogP contribution in [0.4, 0.5) is 35.1 Å². The molecular weight excluding hydrogens is 1530 g/mol. The van der Waals surface area contributed by atoms with Crippen molar-refractivity contribution in [2.24, 2.45) is 27.4 Å². The number of aromatic nitrogens is 8. The predicted molar refractivity (Wildman–Crippen MR) is 446 cm³/mol. The van der Waals surface area contributed by atoms with Crippen LogP contribution in [0.25, 0.3) is 0 Å². The van der Waals surface area contributed by atoms with Gasteiger partial charge in [0.25, 0.3) is 23.7 Å². The van der Waals surface area contributed by atoms with Crippen molar-refractivity contribution < 1.29 is 58.8 Å². The van der Waals surface area contributed by atoms with Crippen molar-refractivity contribution in [1.29, 1.82) is 0 Å². The Labute approximate surface area is 699 Å². The van der Waals surface area contributed by atoms with E-state index in [2.05, 4.69) is 103 Å². The third-order valence-corrected chi connectivity index (χ3v) is 28.3. The molecule has 0 radical (unpaired) electrons. The van der Waals surface area contributed by atoms with Crippen LogP contribution >= 0.6 is 0 Å². The van der Waals surface area contributed by atoms with Gasteiger partial charge in [-0.25, -0.2) is 35.1 Å². The lowest BCUT2D eigenvalue weighted by molar-refractivity contribution is -0.0313. The van der Waals surface area contributed by atoms with Crippen LogP contribution in [0.1, 0.15) is 274 Å². The molecular formula is C89H148F8N16O5. The number of nitrogens with one attached hydrogen (secondary N) is 3. The summed E-state index contributed by atoms with van der Waals surface area (Å²) in [5.74, 6) is -9.34. The standard InChI is InChI=1S/2C23H38F2N4O.C22H38F2N4O2.C21H34F2N4O/c2*1-21(2)15-22(30-16-21)7-5-17(6-8-22)20-18(14-28(4)12-10-26-3)27-29-11-9-23(24,25)13-19(20)29;1-25-10-12-27(2)14-18-20(19-13-22(23,24)9-11-28(19)26-18)17-5-7-21(8-6-17,15-29-3)16-30-4;1-19(2)12-20(28-14-19)6-4-15(5-7-20)18-16(11-26(3)9-8-24)25-27-13-21(22,23)10-17(18)27/h2*17,26H,5-16H2,1-4H3;17,25H,5-16H2,1-4H3;15H,4-14,24H2,1-3H3. The van der Waals surface area contributed by atoms with Gasteiger partial charge in [0.2, 0.25) is 0 Å². The average molecular weight is 1670 g/mol. The molecule has 11 aliphatic rings. The summed E-state index contributed by atoms with van der Waals surface area (Å²) >= 11 is 0. The molecule has 0 unspecified atom stereocenters. The van der Waals surface area contributed by atoms with Gasteiger partial charge < -0.3 is 45.4 Å². The molecule has 0 aromatic carbocycles. The van der Waals surface area contributed by atoms with Crippen LogP contribution in [0.3, 0.4) is 0 Å². The number of nitrogens with two attached hydrogens (primary N) is 1. The maximum absolute atomic E-state index is 14.3. The van der Waals surface area contributed by atoms with Gasteiger partial charge in [-0.3, -0.25) is 38.3 Å². The van der Waals surface area contributed by atoms with Gasteiger partial charge in [-0.05, 0) is 211 Å². The van der Waals surface area contributed by atoms with Crippen molar-refractivity contribution in [3.8, 4) is 0 Å². The molecule has 3 spiro atoms. The third-order valence-electron chi connectivity index (χ3n) is 28.3. The van der Waals surface area contributed by atoms with Crippen LogP contribution in [-0.2, 0) is 102 Å². The number of halogens is 8. The first-order valence-electron chi connectivity index (χ1n) is 44.8. The second kappa shape index (κ2) is 37.9. The Morgan fingerprint density at radius 3 is 0.915 bits per heavy atom. The monoisotopic (exact) mass is 1670 g/mol. The van der Waals surface area contributed by atoms with E-state index in [9.17, 15) is 35.1 Å². The van der Waals surface area contributed by atoms with Crippen molar-refractivity contribution in [1.82, 2.24) is 74.7 Å². The Kier molecular flexibility index (Phi) is 29.9. The van der Waals surface area contributed by atoms with Crippen LogP contribution in [-0.4, -0.2) is 248 Å². The highest BCUT2D eigenvalue weighted by Gasteiger charge is 2.53. The molecule has 3 saturated heterocycles. The lowest BCUT2D eigenvalue weighted by Crippen LogP contribution is -2.36. The number of nitrogens with zero attached hydrogens (tertiary/aromatic N) is 12. The summed E-state index contributed by atoms with van der Waals surface area (Å²) in [5.41, 5.74) is 17.9. The van der Waals surface area contributed by atoms with Crippen LogP contribution in [0.5, 0.6) is 0 Å². The molecule has 670 valence electrons. The molecule has 4 aromatic rings. The molecule has 4 aliphatic carbocycles. The minimum atomic E-state index is -2.67. The van der Waals surface area contributed by atoms with Crippen LogP contribution < -0.4 is 21.7 Å². The summed E-state index contributed by atoms with van der Waals surface area (Å²) in [6.45, 7) is 27.7. The molecule has 0 atom stereocenters. The van der Waals surface area contributed by atoms with E-state index in [4.69, 9.17) is 44.7 Å². The van der Waals surface area contributed by atoms with E-state index >= 15 is 0 Å². The first-order chi connectivity index (χ1) is 55.7. The molecule has 0 amide bonds. The van der Waals surface area contributed by atoms with Gasteiger partial charge in [0, 0.05) is 182 Å². The number of fused-ring (bicyclic) bond motifs is 4. The lowest BCUT2D eigenvalue weighted by Gasteiger charge is -2.40. The smallest absolute Gasteiger partial charge is 0.272 e. The fourth-order valence-electron chi connectivity index (χ4n) is 22.5. The van der Waals surface area contributed by atoms with Gasteiger partial charge in [-0.15, -0.1) is 0 Å². The Morgan fingerprint density at radius 2 is 0.653 bits per heavy atom. The molecule has 29 heteroatoms. The summed E-state index contributed by atoms with van der Waals surface area (Å²) in [5, 5.41) is 28.6. The second-order valence-electron chi connectivity index (χ2n) is 40.9. The molecule has 7 fully saturated rings. The Bertz CT molecular complexity index is 3630. The van der Waals surface area contributed by atoms with Gasteiger partial charge in [-0.1, -0.05) is 41.5 Å². The molecule has 118 heavy (non-hydrogen) atoms. The number of ether oxygens (including phenoxy) is 5. The van der Waals surface area contributed by atoms with Crippen molar-refractivity contribution >= 4 is 0 Å². The normalized spacial score (nSPS) is 25.6. The first kappa shape index (κ1) is 92.9. The predicted octanol–water partition coefficient (Wildman–Crippen LogP) is 14.3. The third kappa shape index (κ3) is 22.9. The fourth-order valence-corrected chi connectivity index (χ4v) is 22.5. The van der Waals surface area contributed by atoms with Gasteiger partial charge >= 0.3 is 0 Å². The van der Waals surface area contributed by atoms with Gasteiger partial charge in [0.15, 0.2) is 0 Å². The molecule has 21 nitrogen and oxygen atoms in total. The summed E-state index contributed by atoms with van der Waals surface area (Å²) in [6, 6.07) is 0. The summed E-state index contributed by atoms with van der Waals surface area (Å²) in [7, 11) is 17.5. The molecule has 15 rings (SSSR count). The zero-order valence-corrected chi connectivity index (χ0v) is 74.6. The number of hydrogen-bond acceptors (Lipinski definition) is 17. The molecule has 5 N–H and O–H groups in total. The topological polar surface area (TPSA) is 193 Å². The van der Waals surface area contributed by atoms with Crippen molar-refractivity contribution in [2.75, 3.05) is 149 Å². The quantitative estimate of drug-likeness (QED) is 0.0412. The van der Waals surface area contributed by atoms with Gasteiger partial charge in [0.05, 0.1) is 98.3 Å². The van der Waals surface area contributed by atoms with Crippen molar-refractivity contribution in [3.63, 3.8) is 0 Å². The van der Waals surface area contributed by atoms with Gasteiger partial charge in [-0.2, -0.15) is 20.4 Å². The number of rotatable bonds is 27. The Balaban J connectivity index is 0.000000145. The highest BCUT2D eigenvalue weighted by molar-refractivity contribution is 5.38. The number of aryl methyl sites for hydroxylation is 3.